The molecule has 1 aromatic carbocycles. The van der Waals surface area contributed by atoms with E-state index in [1.165, 1.54) is 16.7 Å². The van der Waals surface area contributed by atoms with Gasteiger partial charge in [0.2, 0.25) is 0 Å². The van der Waals surface area contributed by atoms with Crippen LogP contribution in [-0.4, -0.2) is 11.1 Å². The summed E-state index contributed by atoms with van der Waals surface area (Å²) in [6.07, 6.45) is -0.752. The number of aliphatic carboxylic acids is 1. The molecule has 108 valence electrons. The summed E-state index contributed by atoms with van der Waals surface area (Å²) in [4.78, 5) is 10.8. The number of fused-ring (bicyclic) bond motifs is 1. The number of alkyl halides is 2. The van der Waals surface area contributed by atoms with E-state index in [0.29, 0.717) is 5.39 Å². The second-order valence-electron chi connectivity index (χ2n) is 5.76. The number of hydrogen-bond donors (Lipinski definition) is 1. The Balaban J connectivity index is 2.32. The lowest BCUT2D eigenvalue weighted by Crippen LogP contribution is -2.26. The molecule has 1 aromatic heterocycles. The number of carbonyl (C=O) groups is 1. The summed E-state index contributed by atoms with van der Waals surface area (Å²) in [5, 5.41) is 10.8. The van der Waals surface area contributed by atoms with Crippen LogP contribution in [0.25, 0.3) is 10.1 Å². The third-order valence-corrected chi connectivity index (χ3v) is 4.17. The van der Waals surface area contributed by atoms with Crippen molar-refractivity contribution in [3.8, 4) is 0 Å². The molecule has 20 heavy (non-hydrogen) atoms. The van der Waals surface area contributed by atoms with Gasteiger partial charge in [0.05, 0.1) is 6.42 Å². The van der Waals surface area contributed by atoms with Crippen LogP contribution in [0.2, 0.25) is 0 Å². The van der Waals surface area contributed by atoms with Crippen LogP contribution in [0.4, 0.5) is 8.78 Å². The summed E-state index contributed by atoms with van der Waals surface area (Å²) in [7, 11) is 0. The van der Waals surface area contributed by atoms with Crippen LogP contribution < -0.4 is 0 Å². The van der Waals surface area contributed by atoms with E-state index >= 15 is 0 Å². The molecule has 0 spiro atoms. The van der Waals surface area contributed by atoms with Crippen molar-refractivity contribution in [2.45, 2.75) is 32.6 Å². The Morgan fingerprint density at radius 1 is 1.30 bits per heavy atom. The number of benzene rings is 1. The third kappa shape index (κ3) is 3.15. The van der Waals surface area contributed by atoms with Crippen molar-refractivity contribution in [1.82, 2.24) is 0 Å². The minimum absolute atomic E-state index is 0.00318. The molecule has 2 aromatic rings. The van der Waals surface area contributed by atoms with Gasteiger partial charge >= 0.3 is 5.97 Å². The Morgan fingerprint density at radius 2 is 1.95 bits per heavy atom. The topological polar surface area (TPSA) is 37.3 Å². The van der Waals surface area contributed by atoms with Crippen LogP contribution in [0, 0.1) is 5.41 Å². The smallest absolute Gasteiger partial charge is 0.303 e. The van der Waals surface area contributed by atoms with E-state index in [-0.39, 0.29) is 12.0 Å². The number of carboxylic acid groups (broad SMARTS) is 1. The second-order valence-corrected chi connectivity index (χ2v) is 6.67. The Morgan fingerprint density at radius 3 is 2.60 bits per heavy atom. The van der Waals surface area contributed by atoms with Crippen LogP contribution in [0.3, 0.4) is 0 Å². The molecule has 2 nitrogen and oxygen atoms in total. The van der Waals surface area contributed by atoms with E-state index < -0.39 is 23.7 Å². The summed E-state index contributed by atoms with van der Waals surface area (Å²) in [5.74, 6) is -4.08. The Labute approximate surface area is 120 Å². The van der Waals surface area contributed by atoms with Gasteiger partial charge in [-0.2, -0.15) is 0 Å². The van der Waals surface area contributed by atoms with Crippen LogP contribution in [0.5, 0.6) is 0 Å². The lowest BCUT2D eigenvalue weighted by atomic mass is 9.81. The summed E-state index contributed by atoms with van der Waals surface area (Å²) in [6, 6.07) is 7.04. The molecular formula is C15H16F2O2S. The van der Waals surface area contributed by atoms with Crippen LogP contribution in [-0.2, 0) is 10.7 Å². The van der Waals surface area contributed by atoms with Gasteiger partial charge in [-0.25, -0.2) is 8.78 Å². The maximum atomic E-state index is 14.5. The monoisotopic (exact) mass is 298 g/mol. The molecule has 0 unspecified atom stereocenters. The van der Waals surface area contributed by atoms with E-state index in [1.807, 2.05) is 12.1 Å². The van der Waals surface area contributed by atoms with Crippen molar-refractivity contribution in [3.05, 3.63) is 35.2 Å². The molecule has 2 rings (SSSR count). The van der Waals surface area contributed by atoms with Crippen LogP contribution in [0.15, 0.2) is 29.6 Å². The Kier molecular flexibility index (Phi) is 3.82. The zero-order chi connectivity index (χ0) is 15.0. The zero-order valence-corrected chi connectivity index (χ0v) is 12.1. The summed E-state index contributed by atoms with van der Waals surface area (Å²) < 4.78 is 29.8. The fraction of sp³-hybridized carbons (Fsp3) is 0.400. The van der Waals surface area contributed by atoms with Gasteiger partial charge in [-0.3, -0.25) is 4.79 Å². The molecule has 1 N–H and O–H groups in total. The number of halogens is 2. The molecule has 0 radical (unpaired) electrons. The largest absolute Gasteiger partial charge is 0.481 e. The minimum atomic E-state index is -3.03. The molecular weight excluding hydrogens is 282 g/mol. The second kappa shape index (κ2) is 5.13. The first-order valence-corrected chi connectivity index (χ1v) is 7.16. The first-order chi connectivity index (χ1) is 9.21. The Bertz CT molecular complexity index is 632. The highest BCUT2D eigenvalue weighted by Gasteiger charge is 2.40. The highest BCUT2D eigenvalue weighted by Crippen LogP contribution is 2.45. The van der Waals surface area contributed by atoms with Gasteiger partial charge in [-0.05, 0) is 11.5 Å². The van der Waals surface area contributed by atoms with Crippen molar-refractivity contribution in [2.24, 2.45) is 5.41 Å². The fourth-order valence-corrected chi connectivity index (χ4v) is 3.44. The number of carboxylic acids is 1. The lowest BCUT2D eigenvalue weighted by Gasteiger charge is -2.28. The summed E-state index contributed by atoms with van der Waals surface area (Å²) in [6.45, 7) is 3.12. The van der Waals surface area contributed by atoms with Crippen LogP contribution >= 0.6 is 11.3 Å². The average molecular weight is 298 g/mol. The van der Waals surface area contributed by atoms with Gasteiger partial charge in [0.15, 0.2) is 0 Å². The normalized spacial score (nSPS) is 12.8. The summed E-state index contributed by atoms with van der Waals surface area (Å²) >= 11 is 1.28. The van der Waals surface area contributed by atoms with E-state index in [9.17, 15) is 13.6 Å². The molecule has 0 saturated carbocycles. The average Bonchev–Trinajstić information content (AvgIpc) is 2.69. The maximum Gasteiger partial charge on any atom is 0.303 e. The van der Waals surface area contributed by atoms with Crippen molar-refractivity contribution in [1.29, 1.82) is 0 Å². The molecule has 0 aliphatic rings. The lowest BCUT2D eigenvalue weighted by molar-refractivity contribution is -0.140. The van der Waals surface area contributed by atoms with E-state index in [0.717, 1.165) is 4.70 Å². The van der Waals surface area contributed by atoms with Gasteiger partial charge in [0.1, 0.15) is 0 Å². The Hall–Kier alpha value is -1.49. The predicted octanol–water partition coefficient (Wildman–Crippen LogP) is 4.88. The van der Waals surface area contributed by atoms with Crippen molar-refractivity contribution in [2.75, 3.05) is 0 Å². The van der Waals surface area contributed by atoms with Crippen LogP contribution in [0.1, 0.15) is 32.3 Å². The SMILES string of the molecule is CC(C)(CC(=O)O)CC(F)(F)c1csc2ccccc12. The first-order valence-electron chi connectivity index (χ1n) is 6.28. The van der Waals surface area contributed by atoms with Crippen molar-refractivity contribution >= 4 is 27.4 Å². The van der Waals surface area contributed by atoms with Crippen molar-refractivity contribution in [3.63, 3.8) is 0 Å². The highest BCUT2D eigenvalue weighted by atomic mass is 32.1. The minimum Gasteiger partial charge on any atom is -0.481 e. The van der Waals surface area contributed by atoms with Crippen molar-refractivity contribution < 1.29 is 18.7 Å². The van der Waals surface area contributed by atoms with E-state index in [4.69, 9.17) is 5.11 Å². The molecule has 0 atom stereocenters. The number of rotatable bonds is 5. The molecule has 0 aliphatic heterocycles. The molecule has 0 amide bonds. The predicted molar refractivity (Wildman–Crippen MR) is 76.4 cm³/mol. The zero-order valence-electron chi connectivity index (χ0n) is 11.3. The van der Waals surface area contributed by atoms with E-state index in [1.54, 1.807) is 26.0 Å². The van der Waals surface area contributed by atoms with E-state index in [2.05, 4.69) is 0 Å². The molecule has 0 bridgehead atoms. The van der Waals surface area contributed by atoms with Gasteiger partial charge < -0.3 is 5.11 Å². The quantitative estimate of drug-likeness (QED) is 0.853. The highest BCUT2D eigenvalue weighted by molar-refractivity contribution is 7.17. The molecule has 1 heterocycles. The summed E-state index contributed by atoms with van der Waals surface area (Å²) in [5.41, 5.74) is -0.963. The van der Waals surface area contributed by atoms with Gasteiger partial charge in [-0.1, -0.05) is 32.0 Å². The van der Waals surface area contributed by atoms with Gasteiger partial charge in [0, 0.05) is 27.5 Å². The fourth-order valence-electron chi connectivity index (χ4n) is 2.43. The number of hydrogen-bond acceptors (Lipinski definition) is 2. The third-order valence-electron chi connectivity index (χ3n) is 3.21. The molecule has 0 saturated heterocycles. The number of thiophene rings is 1. The molecule has 5 heteroatoms. The molecule has 0 aliphatic carbocycles. The first kappa shape index (κ1) is 14.9. The maximum absolute atomic E-state index is 14.5. The van der Waals surface area contributed by atoms with Gasteiger partial charge in [-0.15, -0.1) is 11.3 Å². The standard InChI is InChI=1S/C15H16F2O2S/c1-14(2,7-13(18)19)9-15(16,17)11-8-20-12-6-4-3-5-10(11)12/h3-6,8H,7,9H2,1-2H3,(H,18,19). The van der Waals surface area contributed by atoms with Gasteiger partial charge in [0.25, 0.3) is 5.92 Å². The molecule has 0 fully saturated rings.